The maximum atomic E-state index is 12.2. The lowest BCUT2D eigenvalue weighted by Crippen LogP contribution is -2.44. The molecule has 0 radical (unpaired) electrons. The first-order chi connectivity index (χ1) is 10.5. The van der Waals surface area contributed by atoms with Gasteiger partial charge in [0.25, 0.3) is 0 Å². The van der Waals surface area contributed by atoms with Crippen molar-refractivity contribution in [3.05, 3.63) is 12.7 Å². The fraction of sp³-hybridized carbons (Fsp3) is 0.824. The number of aliphatic hydroxyl groups is 1. The predicted molar refractivity (Wildman–Crippen MR) is 95.0 cm³/mol. The third-order valence-corrected chi connectivity index (χ3v) is 9.35. The quantitative estimate of drug-likeness (QED) is 0.592. The molecule has 1 heterocycles. The molecule has 134 valence electrons. The maximum absolute atomic E-state index is 12.2. The van der Waals surface area contributed by atoms with Crippen molar-refractivity contribution in [1.29, 1.82) is 0 Å². The van der Waals surface area contributed by atoms with Gasteiger partial charge in [-0.25, -0.2) is 4.79 Å². The van der Waals surface area contributed by atoms with Gasteiger partial charge in [0.05, 0.1) is 12.2 Å². The summed E-state index contributed by atoms with van der Waals surface area (Å²) in [5, 5.41) is 9.84. The minimum absolute atomic E-state index is 0.0101. The van der Waals surface area contributed by atoms with Crippen LogP contribution in [0.5, 0.6) is 0 Å². The number of ether oxygens (including phenoxy) is 1. The average molecular weight is 344 g/mol. The Morgan fingerprint density at radius 3 is 2.57 bits per heavy atom. The van der Waals surface area contributed by atoms with Crippen LogP contribution in [0.15, 0.2) is 12.7 Å². The number of hydrogen-bond acceptors (Lipinski definition) is 4. The van der Waals surface area contributed by atoms with Crippen LogP contribution in [0.1, 0.15) is 40.5 Å². The zero-order valence-corrected chi connectivity index (χ0v) is 16.5. The minimum Gasteiger partial charge on any atom is -0.445 e. The van der Waals surface area contributed by atoms with Crippen LogP contribution in [-0.4, -0.2) is 55.8 Å². The Kier molecular flexibility index (Phi) is 6.86. The molecule has 0 bridgehead atoms. The molecule has 5 nitrogen and oxygen atoms in total. The summed E-state index contributed by atoms with van der Waals surface area (Å²) in [6, 6.07) is -0.0397. The van der Waals surface area contributed by atoms with Gasteiger partial charge in [-0.15, -0.1) is 0 Å². The van der Waals surface area contributed by atoms with Crippen LogP contribution in [0, 0.1) is 0 Å². The first kappa shape index (κ1) is 20.2. The van der Waals surface area contributed by atoms with E-state index >= 15 is 0 Å². The largest absolute Gasteiger partial charge is 0.445 e. The normalized spacial score (nSPS) is 23.7. The fourth-order valence-corrected chi connectivity index (χ4v) is 3.96. The van der Waals surface area contributed by atoms with Gasteiger partial charge in [0.1, 0.15) is 6.61 Å². The van der Waals surface area contributed by atoms with Crippen LogP contribution in [0.3, 0.4) is 0 Å². The number of aliphatic hydroxyl groups excluding tert-OH is 1. The Morgan fingerprint density at radius 1 is 1.48 bits per heavy atom. The fourth-order valence-electron chi connectivity index (χ4n) is 2.61. The highest BCUT2D eigenvalue weighted by atomic mass is 28.4. The minimum atomic E-state index is -1.89. The standard InChI is InChI=1S/C17H33NO4Si/c1-8-9-21-16(20)18-12-15(11-14(18)10-13(2)19)22-23(6,7)17(3,4)5/h8,13-15,19H,1,9-12H2,2-7H3/t13-,14-,15-/m1/s1. The van der Waals surface area contributed by atoms with E-state index in [1.54, 1.807) is 17.9 Å². The van der Waals surface area contributed by atoms with Crippen molar-refractivity contribution >= 4 is 14.4 Å². The smallest absolute Gasteiger partial charge is 0.410 e. The summed E-state index contributed by atoms with van der Waals surface area (Å²) in [5.41, 5.74) is 0. The van der Waals surface area contributed by atoms with Crippen LogP contribution < -0.4 is 0 Å². The lowest BCUT2D eigenvalue weighted by atomic mass is 10.1. The molecule has 0 saturated carbocycles. The van der Waals surface area contributed by atoms with Crippen molar-refractivity contribution in [2.24, 2.45) is 0 Å². The number of rotatable bonds is 6. The second kappa shape index (κ2) is 7.81. The molecule has 1 amide bonds. The number of hydrogen-bond donors (Lipinski definition) is 1. The third-order valence-electron chi connectivity index (χ3n) is 4.82. The van der Waals surface area contributed by atoms with Gasteiger partial charge in [0.2, 0.25) is 0 Å². The van der Waals surface area contributed by atoms with E-state index in [1.807, 2.05) is 0 Å². The van der Waals surface area contributed by atoms with Gasteiger partial charge in [0, 0.05) is 12.6 Å². The van der Waals surface area contributed by atoms with E-state index in [0.717, 1.165) is 6.42 Å². The SMILES string of the molecule is C=CCOC(=O)N1C[C@H](O[Si](C)(C)C(C)(C)C)C[C@H]1C[C@@H](C)O. The van der Waals surface area contributed by atoms with Crippen LogP contribution >= 0.6 is 0 Å². The Hall–Kier alpha value is -0.853. The average Bonchev–Trinajstić information content (AvgIpc) is 2.75. The van der Waals surface area contributed by atoms with E-state index in [0.29, 0.717) is 13.0 Å². The molecule has 23 heavy (non-hydrogen) atoms. The summed E-state index contributed by atoms with van der Waals surface area (Å²) in [7, 11) is -1.89. The first-order valence-corrected chi connectivity index (χ1v) is 11.3. The predicted octanol–water partition coefficient (Wildman–Crippen LogP) is 3.54. The second-order valence-electron chi connectivity index (χ2n) is 7.99. The molecule has 0 aliphatic carbocycles. The van der Waals surface area contributed by atoms with E-state index in [-0.39, 0.29) is 29.9 Å². The van der Waals surface area contributed by atoms with Gasteiger partial charge in [-0.1, -0.05) is 33.4 Å². The van der Waals surface area contributed by atoms with Crippen molar-refractivity contribution < 1.29 is 19.1 Å². The number of nitrogens with zero attached hydrogens (tertiary/aromatic N) is 1. The number of carbonyl (C=O) groups excluding carboxylic acids is 1. The Labute approximate surface area is 141 Å². The van der Waals surface area contributed by atoms with Crippen molar-refractivity contribution in [1.82, 2.24) is 4.90 Å². The van der Waals surface area contributed by atoms with Gasteiger partial charge < -0.3 is 19.2 Å². The highest BCUT2D eigenvalue weighted by molar-refractivity contribution is 6.74. The summed E-state index contributed by atoms with van der Waals surface area (Å²) in [6.07, 6.45) is 2.05. The van der Waals surface area contributed by atoms with Gasteiger partial charge in [0.15, 0.2) is 8.32 Å². The Balaban J connectivity index is 2.79. The topological polar surface area (TPSA) is 59.0 Å². The molecular formula is C17H33NO4Si. The second-order valence-corrected chi connectivity index (χ2v) is 12.7. The zero-order valence-electron chi connectivity index (χ0n) is 15.5. The third kappa shape index (κ3) is 5.62. The monoisotopic (exact) mass is 343 g/mol. The molecule has 0 aromatic rings. The molecule has 1 N–H and O–H groups in total. The van der Waals surface area contributed by atoms with Crippen molar-refractivity contribution in [2.45, 2.75) is 76.9 Å². The maximum Gasteiger partial charge on any atom is 0.410 e. The van der Waals surface area contributed by atoms with E-state index in [4.69, 9.17) is 9.16 Å². The Morgan fingerprint density at radius 2 is 2.09 bits per heavy atom. The van der Waals surface area contributed by atoms with Crippen LogP contribution in [0.25, 0.3) is 0 Å². The number of likely N-dealkylation sites (tertiary alicyclic amines) is 1. The number of carbonyl (C=O) groups is 1. The van der Waals surface area contributed by atoms with Crippen molar-refractivity contribution in [2.75, 3.05) is 13.2 Å². The van der Waals surface area contributed by atoms with E-state index in [2.05, 4.69) is 40.4 Å². The van der Waals surface area contributed by atoms with Gasteiger partial charge >= 0.3 is 6.09 Å². The summed E-state index contributed by atoms with van der Waals surface area (Å²) < 4.78 is 11.6. The lowest BCUT2D eigenvalue weighted by molar-refractivity contribution is 0.0896. The molecule has 1 fully saturated rings. The molecular weight excluding hydrogens is 310 g/mol. The van der Waals surface area contributed by atoms with Crippen LogP contribution in [0.2, 0.25) is 18.1 Å². The molecule has 1 saturated heterocycles. The molecule has 0 aromatic heterocycles. The summed E-state index contributed by atoms with van der Waals surface area (Å²) in [6.45, 7) is 17.1. The molecule has 1 aliphatic rings. The van der Waals surface area contributed by atoms with E-state index in [9.17, 15) is 9.90 Å². The highest BCUT2D eigenvalue weighted by Crippen LogP contribution is 2.39. The molecule has 0 aromatic carbocycles. The molecule has 0 spiro atoms. The summed E-state index contributed by atoms with van der Waals surface area (Å²) >= 11 is 0. The molecule has 6 heteroatoms. The molecule has 1 rings (SSSR count). The highest BCUT2D eigenvalue weighted by Gasteiger charge is 2.44. The lowest BCUT2D eigenvalue weighted by Gasteiger charge is -2.38. The van der Waals surface area contributed by atoms with Crippen LogP contribution in [-0.2, 0) is 9.16 Å². The van der Waals surface area contributed by atoms with E-state index in [1.165, 1.54) is 0 Å². The van der Waals surface area contributed by atoms with Crippen molar-refractivity contribution in [3.63, 3.8) is 0 Å². The first-order valence-electron chi connectivity index (χ1n) is 8.38. The zero-order chi connectivity index (χ0) is 17.8. The Bertz CT molecular complexity index is 417. The van der Waals surface area contributed by atoms with Crippen LogP contribution in [0.4, 0.5) is 4.79 Å². The number of amides is 1. The van der Waals surface area contributed by atoms with Crippen molar-refractivity contribution in [3.8, 4) is 0 Å². The molecule has 1 aliphatic heterocycles. The van der Waals surface area contributed by atoms with E-state index < -0.39 is 14.4 Å². The molecule has 3 atom stereocenters. The summed E-state index contributed by atoms with van der Waals surface area (Å²) in [4.78, 5) is 13.9. The van der Waals surface area contributed by atoms with Gasteiger partial charge in [-0.05, 0) is 37.9 Å². The van der Waals surface area contributed by atoms with Gasteiger partial charge in [-0.3, -0.25) is 0 Å². The summed E-state index contributed by atoms with van der Waals surface area (Å²) in [5.74, 6) is 0. The molecule has 0 unspecified atom stereocenters. The van der Waals surface area contributed by atoms with Gasteiger partial charge in [-0.2, -0.15) is 0 Å².